The van der Waals surface area contributed by atoms with E-state index in [0.29, 0.717) is 38.0 Å². The molecule has 3 amide bonds. The lowest BCUT2D eigenvalue weighted by molar-refractivity contribution is -0.129. The number of aryl methyl sites for hydroxylation is 2. The van der Waals surface area contributed by atoms with Crippen LogP contribution in [0.15, 0.2) is 42.1 Å². The lowest BCUT2D eigenvalue weighted by Crippen LogP contribution is -2.65. The number of aromatic nitrogens is 1. The summed E-state index contributed by atoms with van der Waals surface area (Å²) in [7, 11) is 0. The zero-order valence-electron chi connectivity index (χ0n) is 30.2. The summed E-state index contributed by atoms with van der Waals surface area (Å²) in [5, 5.41) is 11.7. The molecule has 6 rings (SSSR count). The third-order valence-corrected chi connectivity index (χ3v) is 11.1. The third kappa shape index (κ3) is 8.29. The normalized spacial score (nSPS) is 18.7. The van der Waals surface area contributed by atoms with Gasteiger partial charge in [0.25, 0.3) is 11.1 Å². The molecule has 11 nitrogen and oxygen atoms in total. The van der Waals surface area contributed by atoms with E-state index >= 15 is 0 Å². The molecule has 2 bridgehead atoms. The van der Waals surface area contributed by atoms with Gasteiger partial charge in [-0.1, -0.05) is 52.7 Å². The first-order chi connectivity index (χ1) is 24.6. The number of hydrogen-bond donors (Lipinski definition) is 1. The number of hydrogen-bond acceptors (Lipinski definition) is 8. The van der Waals surface area contributed by atoms with Crippen molar-refractivity contribution in [1.82, 2.24) is 19.7 Å². The highest BCUT2D eigenvalue weighted by Gasteiger charge is 2.50. The summed E-state index contributed by atoms with van der Waals surface area (Å²) in [6, 6.07) is 8.12. The van der Waals surface area contributed by atoms with Crippen LogP contribution >= 0.6 is 34.5 Å². The number of fused-ring (bicyclic) bond motifs is 2. The van der Waals surface area contributed by atoms with Crippen LogP contribution in [0.25, 0.3) is 5.57 Å². The highest BCUT2D eigenvalue weighted by molar-refractivity contribution is 7.14. The van der Waals surface area contributed by atoms with Crippen molar-refractivity contribution in [3.63, 3.8) is 0 Å². The van der Waals surface area contributed by atoms with Crippen molar-refractivity contribution in [3.05, 3.63) is 79.3 Å². The molecule has 1 unspecified atom stereocenters. The van der Waals surface area contributed by atoms with Crippen LogP contribution in [0, 0.1) is 20.8 Å². The van der Waals surface area contributed by atoms with E-state index < -0.39 is 29.9 Å². The van der Waals surface area contributed by atoms with Gasteiger partial charge in [0.15, 0.2) is 5.75 Å². The fourth-order valence-electron chi connectivity index (χ4n) is 6.81. The van der Waals surface area contributed by atoms with Crippen LogP contribution in [0.3, 0.4) is 0 Å². The minimum atomic E-state index is -1.14. The minimum absolute atomic E-state index is 0.0199. The summed E-state index contributed by atoms with van der Waals surface area (Å²) in [5.74, 6) is 0.138. The van der Waals surface area contributed by atoms with Gasteiger partial charge in [-0.05, 0) is 101 Å². The van der Waals surface area contributed by atoms with Gasteiger partial charge in [0.1, 0.15) is 18.8 Å². The van der Waals surface area contributed by atoms with E-state index in [4.69, 9.17) is 37.4 Å². The maximum Gasteiger partial charge on any atom is 0.410 e. The number of halogens is 2. The number of carboxylic acid groups (broad SMARTS) is 1. The van der Waals surface area contributed by atoms with Gasteiger partial charge in [-0.2, -0.15) is 0 Å². The largest absolute Gasteiger partial charge is 0.487 e. The van der Waals surface area contributed by atoms with Crippen molar-refractivity contribution < 1.29 is 33.7 Å². The van der Waals surface area contributed by atoms with Crippen molar-refractivity contribution in [2.45, 2.75) is 91.1 Å². The second-order valence-electron chi connectivity index (χ2n) is 14.6. The molecule has 3 heterocycles. The smallest absolute Gasteiger partial charge is 0.410 e. The van der Waals surface area contributed by atoms with Gasteiger partial charge in [0.2, 0.25) is 0 Å². The maximum absolute atomic E-state index is 15.0. The van der Waals surface area contributed by atoms with Crippen LogP contribution in [0.1, 0.15) is 67.2 Å². The molecule has 3 aliphatic rings. The van der Waals surface area contributed by atoms with Crippen molar-refractivity contribution in [2.75, 3.05) is 26.3 Å². The number of carbonyl (C=O) groups excluding carboxylic acids is 2. The van der Waals surface area contributed by atoms with Gasteiger partial charge in [-0.25, -0.2) is 14.6 Å². The molecule has 0 radical (unpaired) electrons. The summed E-state index contributed by atoms with van der Waals surface area (Å²) in [6.07, 6.45) is 1.91. The maximum atomic E-state index is 15.0. The first kappa shape index (κ1) is 37.7. The summed E-state index contributed by atoms with van der Waals surface area (Å²) in [6.45, 7) is 12.2. The van der Waals surface area contributed by atoms with Gasteiger partial charge in [0.05, 0.1) is 27.0 Å². The Balaban J connectivity index is 1.32. The zero-order chi connectivity index (χ0) is 37.5. The van der Waals surface area contributed by atoms with Crippen LogP contribution in [0.4, 0.5) is 9.59 Å². The third-order valence-electron chi connectivity index (χ3n) is 9.54. The van der Waals surface area contributed by atoms with E-state index in [-0.39, 0.29) is 44.7 Å². The van der Waals surface area contributed by atoms with Gasteiger partial charge in [-0.3, -0.25) is 9.69 Å². The van der Waals surface area contributed by atoms with Crippen LogP contribution in [-0.2, 0) is 16.1 Å². The molecule has 1 saturated heterocycles. The molecule has 52 heavy (non-hydrogen) atoms. The van der Waals surface area contributed by atoms with Crippen molar-refractivity contribution >= 4 is 58.2 Å². The van der Waals surface area contributed by atoms with Crippen LogP contribution in [-0.4, -0.2) is 92.9 Å². The second kappa shape index (κ2) is 15.2. The monoisotopic (exact) mass is 770 g/mol. The zero-order valence-corrected chi connectivity index (χ0v) is 32.5. The Labute approximate surface area is 318 Å². The molecule has 2 aliphatic heterocycles. The molecule has 3 aromatic rings. The number of ether oxygens (including phenoxy) is 3. The molecule has 14 heteroatoms. The van der Waals surface area contributed by atoms with Crippen LogP contribution < -0.4 is 9.47 Å². The van der Waals surface area contributed by atoms with E-state index in [2.05, 4.69) is 11.9 Å². The summed E-state index contributed by atoms with van der Waals surface area (Å²) in [4.78, 5) is 51.2. The van der Waals surface area contributed by atoms with Crippen LogP contribution in [0.2, 0.25) is 10.0 Å². The summed E-state index contributed by atoms with van der Waals surface area (Å²) in [5.41, 5.74) is 4.52. The Morgan fingerprint density at radius 2 is 1.73 bits per heavy atom. The Kier molecular flexibility index (Phi) is 11.0. The van der Waals surface area contributed by atoms with Gasteiger partial charge in [0, 0.05) is 37.4 Å². The molecule has 1 aromatic heterocycles. The molecule has 1 aliphatic carbocycles. The molecule has 0 spiro atoms. The van der Waals surface area contributed by atoms with Crippen molar-refractivity contribution in [2.24, 2.45) is 0 Å². The molecule has 1 N–H and O–H groups in total. The topological polar surface area (TPSA) is 122 Å². The molecule has 2 fully saturated rings. The standard InChI is InChI=1S/C38H44Cl2N4O7S/c1-21-14-28(39)33(29(40)15-21)49-12-13-50-35-41-17-31(52-35)27-16-26-19-42(37(48)51-38(4,5)6)20-30(44(26)36(46)47)32(27)34(45)43(25-10-11-25)18-24-9-7-8-22(2)23(24)3/h7-9,14-15,17,25-26,30H,10-13,16,18-20H2,1-6H3,(H,46,47)/t26?,30-/m1/s1. The van der Waals surface area contributed by atoms with Crippen molar-refractivity contribution in [1.29, 1.82) is 0 Å². The Bertz CT molecular complexity index is 1880. The number of thiazole rings is 1. The van der Waals surface area contributed by atoms with Crippen molar-refractivity contribution in [3.8, 4) is 10.9 Å². The average Bonchev–Trinajstić information content (AvgIpc) is 3.79. The van der Waals surface area contributed by atoms with Gasteiger partial charge in [-0.15, -0.1) is 0 Å². The van der Waals surface area contributed by atoms with E-state index in [1.807, 2.05) is 36.9 Å². The number of piperazine rings is 1. The highest BCUT2D eigenvalue weighted by Crippen LogP contribution is 2.43. The lowest BCUT2D eigenvalue weighted by Gasteiger charge is -2.50. The van der Waals surface area contributed by atoms with Gasteiger partial charge < -0.3 is 29.1 Å². The van der Waals surface area contributed by atoms with E-state index in [0.717, 1.165) is 40.7 Å². The molecular formula is C38H44Cl2N4O7S. The number of rotatable bonds is 10. The lowest BCUT2D eigenvalue weighted by atomic mass is 9.83. The number of carbonyl (C=O) groups is 3. The SMILES string of the molecule is Cc1cc(Cl)c(OCCOc2ncc(C3=C(C(=O)N(Cc4cccc(C)c4C)C4CC4)[C@H]4CN(C(=O)OC(C)(C)C)CC(C3)N4C(=O)O)s2)c(Cl)c1. The fraction of sp³-hybridized carbons (Fsp3) is 0.474. The van der Waals surface area contributed by atoms with Crippen LogP contribution in [0.5, 0.6) is 10.9 Å². The first-order valence-corrected chi connectivity index (χ1v) is 18.9. The Hall–Kier alpha value is -4.00. The molecule has 1 saturated carbocycles. The highest BCUT2D eigenvalue weighted by atomic mass is 35.5. The molecule has 278 valence electrons. The number of nitrogens with zero attached hydrogens (tertiary/aromatic N) is 4. The molecule has 2 aromatic carbocycles. The molecule has 2 atom stereocenters. The minimum Gasteiger partial charge on any atom is -0.487 e. The van der Waals surface area contributed by atoms with Gasteiger partial charge >= 0.3 is 12.2 Å². The van der Waals surface area contributed by atoms with E-state index in [9.17, 15) is 19.5 Å². The number of benzene rings is 2. The average molecular weight is 772 g/mol. The molecular weight excluding hydrogens is 727 g/mol. The quantitative estimate of drug-likeness (QED) is 0.205. The Morgan fingerprint density at radius 1 is 1.04 bits per heavy atom. The summed E-state index contributed by atoms with van der Waals surface area (Å²) >= 11 is 13.9. The predicted octanol–water partition coefficient (Wildman–Crippen LogP) is 8.15. The second-order valence-corrected chi connectivity index (χ2v) is 16.4. The van der Waals surface area contributed by atoms with E-state index in [1.54, 1.807) is 39.1 Å². The van der Waals surface area contributed by atoms with E-state index in [1.165, 1.54) is 21.1 Å². The first-order valence-electron chi connectivity index (χ1n) is 17.4. The fourth-order valence-corrected chi connectivity index (χ4v) is 8.38. The Morgan fingerprint density at radius 3 is 2.38 bits per heavy atom. The summed E-state index contributed by atoms with van der Waals surface area (Å²) < 4.78 is 17.5. The predicted molar refractivity (Wildman–Crippen MR) is 201 cm³/mol. The number of amides is 3.